The second-order valence-corrected chi connectivity index (χ2v) is 7.21. The van der Waals surface area contributed by atoms with Crippen molar-refractivity contribution in [1.29, 1.82) is 0 Å². The van der Waals surface area contributed by atoms with Crippen LogP contribution in [-0.2, 0) is 21.0 Å². The number of carboxylic acids is 1. The molecule has 1 aliphatic rings. The molecule has 2 heterocycles. The lowest BCUT2D eigenvalue weighted by Gasteiger charge is -2.21. The average molecular weight is 345 g/mol. The fraction of sp³-hybridized carbons (Fsp3) is 0.500. The van der Waals surface area contributed by atoms with Crippen molar-refractivity contribution in [3.8, 4) is 0 Å². The Balaban J connectivity index is 2.48. The first-order chi connectivity index (χ1) is 9.55. The van der Waals surface area contributed by atoms with Gasteiger partial charge in [-0.1, -0.05) is 0 Å². The Kier molecular flexibility index (Phi) is 4.04. The van der Waals surface area contributed by atoms with Crippen LogP contribution in [0.3, 0.4) is 0 Å². The van der Waals surface area contributed by atoms with E-state index >= 15 is 0 Å². The number of thiophene rings is 1. The zero-order chi connectivity index (χ0) is 16.0. The topological polar surface area (TPSA) is 94.9 Å². The molecule has 11 heteroatoms. The van der Waals surface area contributed by atoms with E-state index in [1.165, 1.54) is 0 Å². The lowest BCUT2D eigenvalue weighted by Crippen LogP contribution is -2.40. The molecule has 0 bridgehead atoms. The molecular formula is C10H10F3NO5S2. The molecule has 0 amide bonds. The smallest absolute Gasteiger partial charge is 0.426 e. The molecule has 1 aliphatic heterocycles. The fourth-order valence-corrected chi connectivity index (χ4v) is 5.03. The first-order valence-electron chi connectivity index (χ1n) is 5.62. The summed E-state index contributed by atoms with van der Waals surface area (Å²) in [6.07, 6.45) is -6.44. The number of hydrogen-bond donors (Lipinski definition) is 2. The average Bonchev–Trinajstić information content (AvgIpc) is 2.93. The molecule has 6 nitrogen and oxygen atoms in total. The largest absolute Gasteiger partial charge is 0.480 e. The summed E-state index contributed by atoms with van der Waals surface area (Å²) >= 11 is 0.212. The van der Waals surface area contributed by atoms with Crippen LogP contribution in [0.15, 0.2) is 16.3 Å². The van der Waals surface area contributed by atoms with Crippen LogP contribution in [0.25, 0.3) is 0 Å². The summed E-state index contributed by atoms with van der Waals surface area (Å²) < 4.78 is 63.3. The van der Waals surface area contributed by atoms with Gasteiger partial charge in [0.05, 0.1) is 6.10 Å². The van der Waals surface area contributed by atoms with Crippen molar-refractivity contribution < 1.29 is 36.6 Å². The molecular weight excluding hydrogens is 335 g/mol. The SMILES string of the molecule is O=C(O)[C@H]1C[C@H](O)CN1S(=O)(=O)c1ccsc1C(F)(F)F. The Morgan fingerprint density at radius 1 is 1.43 bits per heavy atom. The maximum atomic E-state index is 12.8. The number of carbonyl (C=O) groups is 1. The van der Waals surface area contributed by atoms with Gasteiger partial charge in [0.15, 0.2) is 0 Å². The second kappa shape index (κ2) is 5.23. The van der Waals surface area contributed by atoms with Crippen LogP contribution in [0.4, 0.5) is 13.2 Å². The van der Waals surface area contributed by atoms with Gasteiger partial charge in [-0.15, -0.1) is 11.3 Å². The van der Waals surface area contributed by atoms with Gasteiger partial charge in [0.2, 0.25) is 10.0 Å². The van der Waals surface area contributed by atoms with E-state index in [9.17, 15) is 31.5 Å². The molecule has 0 spiro atoms. The summed E-state index contributed by atoms with van der Waals surface area (Å²) in [4.78, 5) is 8.72. The number of carboxylic acid groups (broad SMARTS) is 1. The Morgan fingerprint density at radius 2 is 2.05 bits per heavy atom. The predicted octanol–water partition coefficient (Wildman–Crippen LogP) is 0.975. The number of β-amino-alcohol motifs (C(OH)–C–C–N with tert-alkyl or cyclic N) is 1. The molecule has 0 aliphatic carbocycles. The third-order valence-electron chi connectivity index (χ3n) is 2.99. The van der Waals surface area contributed by atoms with Crippen LogP contribution >= 0.6 is 11.3 Å². The number of sulfonamides is 1. The molecule has 118 valence electrons. The molecule has 1 saturated heterocycles. The fourth-order valence-electron chi connectivity index (χ4n) is 2.11. The predicted molar refractivity (Wildman–Crippen MR) is 65.3 cm³/mol. The number of alkyl halides is 3. The summed E-state index contributed by atoms with van der Waals surface area (Å²) in [5, 5.41) is 19.3. The normalized spacial score (nSPS) is 24.4. The van der Waals surface area contributed by atoms with Crippen LogP contribution in [0.5, 0.6) is 0 Å². The number of aliphatic carboxylic acids is 1. The molecule has 0 saturated carbocycles. The van der Waals surface area contributed by atoms with E-state index in [4.69, 9.17) is 5.11 Å². The minimum Gasteiger partial charge on any atom is -0.480 e. The maximum absolute atomic E-state index is 12.8. The Bertz CT molecular complexity index is 654. The Hall–Kier alpha value is -1.17. The van der Waals surface area contributed by atoms with Gasteiger partial charge in [-0.3, -0.25) is 4.79 Å². The highest BCUT2D eigenvalue weighted by Gasteiger charge is 2.47. The monoisotopic (exact) mass is 345 g/mol. The van der Waals surface area contributed by atoms with Crippen molar-refractivity contribution in [2.75, 3.05) is 6.54 Å². The highest BCUT2D eigenvalue weighted by Crippen LogP contribution is 2.40. The van der Waals surface area contributed by atoms with Crippen LogP contribution < -0.4 is 0 Å². The van der Waals surface area contributed by atoms with Crippen LogP contribution in [0, 0.1) is 0 Å². The van der Waals surface area contributed by atoms with Crippen molar-refractivity contribution in [3.63, 3.8) is 0 Å². The zero-order valence-corrected chi connectivity index (χ0v) is 11.9. The van der Waals surface area contributed by atoms with E-state index in [2.05, 4.69) is 0 Å². The number of rotatable bonds is 3. The van der Waals surface area contributed by atoms with Crippen molar-refractivity contribution in [2.24, 2.45) is 0 Å². The highest BCUT2D eigenvalue weighted by atomic mass is 32.2. The third-order valence-corrected chi connectivity index (χ3v) is 6.00. The first kappa shape index (κ1) is 16.2. The maximum Gasteiger partial charge on any atom is 0.426 e. The van der Waals surface area contributed by atoms with Gasteiger partial charge in [-0.25, -0.2) is 8.42 Å². The van der Waals surface area contributed by atoms with Crippen molar-refractivity contribution in [1.82, 2.24) is 4.31 Å². The van der Waals surface area contributed by atoms with Crippen molar-refractivity contribution >= 4 is 27.3 Å². The number of nitrogens with zero attached hydrogens (tertiary/aromatic N) is 1. The highest BCUT2D eigenvalue weighted by molar-refractivity contribution is 7.89. The molecule has 1 aromatic heterocycles. The van der Waals surface area contributed by atoms with Crippen LogP contribution in [-0.4, -0.2) is 47.6 Å². The zero-order valence-electron chi connectivity index (χ0n) is 10.2. The first-order valence-corrected chi connectivity index (χ1v) is 7.94. The minimum absolute atomic E-state index is 0.212. The standard InChI is InChI=1S/C10H10F3NO5S2/c11-10(12,13)8-7(1-2-20-8)21(18,19)14-4-5(15)3-6(14)9(16)17/h1-2,5-6,15H,3-4H2,(H,16,17)/t5-,6+/m0/s1. The van der Waals surface area contributed by atoms with E-state index in [1.807, 2.05) is 0 Å². The van der Waals surface area contributed by atoms with E-state index in [0.717, 1.165) is 11.4 Å². The van der Waals surface area contributed by atoms with Gasteiger partial charge in [-0.05, 0) is 11.4 Å². The van der Waals surface area contributed by atoms with Crippen LogP contribution in [0.2, 0.25) is 0 Å². The molecule has 2 atom stereocenters. The molecule has 21 heavy (non-hydrogen) atoms. The molecule has 2 rings (SSSR count). The minimum atomic E-state index is -4.85. The van der Waals surface area contributed by atoms with Gasteiger partial charge in [0, 0.05) is 13.0 Å². The van der Waals surface area contributed by atoms with E-state index in [1.54, 1.807) is 0 Å². The van der Waals surface area contributed by atoms with Crippen molar-refractivity contribution in [2.45, 2.75) is 29.6 Å². The Labute approximate surface area is 121 Å². The molecule has 0 radical (unpaired) electrons. The Morgan fingerprint density at radius 3 is 2.57 bits per heavy atom. The summed E-state index contributed by atoms with van der Waals surface area (Å²) in [6, 6.07) is -0.794. The summed E-state index contributed by atoms with van der Waals surface area (Å²) in [7, 11) is -4.65. The van der Waals surface area contributed by atoms with Crippen molar-refractivity contribution in [3.05, 3.63) is 16.3 Å². The molecule has 1 aromatic rings. The van der Waals surface area contributed by atoms with E-state index in [-0.39, 0.29) is 17.8 Å². The van der Waals surface area contributed by atoms with Gasteiger partial charge in [-0.2, -0.15) is 17.5 Å². The lowest BCUT2D eigenvalue weighted by molar-refractivity contribution is -0.140. The summed E-state index contributed by atoms with van der Waals surface area (Å²) in [6.45, 7) is -0.549. The van der Waals surface area contributed by atoms with Gasteiger partial charge in [0.1, 0.15) is 15.8 Å². The molecule has 0 aromatic carbocycles. The number of aliphatic hydroxyl groups excluding tert-OH is 1. The second-order valence-electron chi connectivity index (χ2n) is 4.43. The van der Waals surface area contributed by atoms with E-state index < -0.39 is 50.6 Å². The summed E-state index contributed by atoms with van der Waals surface area (Å²) in [5.41, 5.74) is 0. The van der Waals surface area contributed by atoms with Gasteiger partial charge < -0.3 is 10.2 Å². The molecule has 0 unspecified atom stereocenters. The van der Waals surface area contributed by atoms with Gasteiger partial charge >= 0.3 is 12.1 Å². The quantitative estimate of drug-likeness (QED) is 0.851. The van der Waals surface area contributed by atoms with Crippen LogP contribution in [0.1, 0.15) is 11.3 Å². The number of hydrogen-bond acceptors (Lipinski definition) is 5. The lowest BCUT2D eigenvalue weighted by atomic mass is 10.2. The summed E-state index contributed by atoms with van der Waals surface area (Å²) in [5.74, 6) is -1.51. The number of halogens is 3. The third kappa shape index (κ3) is 2.91. The van der Waals surface area contributed by atoms with E-state index in [0.29, 0.717) is 4.31 Å². The molecule has 1 fully saturated rings. The molecule has 2 N–H and O–H groups in total. The number of aliphatic hydroxyl groups is 1. The van der Waals surface area contributed by atoms with Gasteiger partial charge in [0.25, 0.3) is 0 Å².